The van der Waals surface area contributed by atoms with Gasteiger partial charge in [0.15, 0.2) is 0 Å². The van der Waals surface area contributed by atoms with E-state index < -0.39 is 0 Å². The summed E-state index contributed by atoms with van der Waals surface area (Å²) in [6.07, 6.45) is 3.97. The summed E-state index contributed by atoms with van der Waals surface area (Å²) in [5.41, 5.74) is 8.07. The van der Waals surface area contributed by atoms with E-state index in [-0.39, 0.29) is 12.0 Å². The Labute approximate surface area is 112 Å². The van der Waals surface area contributed by atoms with Crippen molar-refractivity contribution in [1.29, 1.82) is 0 Å². The van der Waals surface area contributed by atoms with Gasteiger partial charge in [0.1, 0.15) is 0 Å². The second-order valence-electron chi connectivity index (χ2n) is 5.24. The van der Waals surface area contributed by atoms with Crippen LogP contribution in [-0.2, 0) is 4.74 Å². The Bertz CT molecular complexity index is 503. The number of hydrogen-bond donors (Lipinski definition) is 3. The van der Waals surface area contributed by atoms with Gasteiger partial charge in [0.2, 0.25) is 0 Å². The topological polar surface area (TPSA) is 76.4 Å². The van der Waals surface area contributed by atoms with Gasteiger partial charge in [0, 0.05) is 12.6 Å². The highest BCUT2D eigenvalue weighted by Gasteiger charge is 2.40. The van der Waals surface area contributed by atoms with Gasteiger partial charge in [0.05, 0.1) is 29.6 Å². The number of nitrogens with one attached hydrogen (secondary N) is 2. The van der Waals surface area contributed by atoms with E-state index in [2.05, 4.69) is 10.6 Å². The van der Waals surface area contributed by atoms with Gasteiger partial charge in [-0.1, -0.05) is 0 Å². The van der Waals surface area contributed by atoms with E-state index in [4.69, 9.17) is 10.5 Å². The Morgan fingerprint density at radius 2 is 2.26 bits per heavy atom. The molecule has 2 fully saturated rings. The molecule has 5 nitrogen and oxygen atoms in total. The van der Waals surface area contributed by atoms with E-state index in [9.17, 15) is 4.79 Å². The molecule has 2 aliphatic rings. The summed E-state index contributed by atoms with van der Waals surface area (Å²) in [5, 5.41) is 6.05. The van der Waals surface area contributed by atoms with Crippen molar-refractivity contribution in [2.24, 2.45) is 0 Å². The first-order valence-corrected chi connectivity index (χ1v) is 6.71. The van der Waals surface area contributed by atoms with Gasteiger partial charge in [-0.3, -0.25) is 4.79 Å². The normalized spacial score (nSPS) is 28.4. The molecule has 0 aromatic heterocycles. The summed E-state index contributed by atoms with van der Waals surface area (Å²) in [4.78, 5) is 11.6. The quantitative estimate of drug-likeness (QED) is 0.718. The fourth-order valence-electron chi connectivity index (χ4n) is 2.96. The summed E-state index contributed by atoms with van der Waals surface area (Å²) in [6, 6.07) is 5.61. The highest BCUT2D eigenvalue weighted by molar-refractivity contribution is 5.96. The molecular weight excluding hydrogens is 242 g/mol. The molecule has 1 amide bonds. The molecule has 102 valence electrons. The van der Waals surface area contributed by atoms with Crippen molar-refractivity contribution in [2.45, 2.75) is 37.5 Å². The molecule has 2 heterocycles. The molecule has 4 N–H and O–H groups in total. The molecule has 3 rings (SSSR count). The molecular formula is C14H19N3O2. The molecule has 3 atom stereocenters. The zero-order valence-corrected chi connectivity index (χ0v) is 11.0. The molecule has 2 aliphatic heterocycles. The van der Waals surface area contributed by atoms with Crippen molar-refractivity contribution in [3.63, 3.8) is 0 Å². The van der Waals surface area contributed by atoms with E-state index >= 15 is 0 Å². The first kappa shape index (κ1) is 12.3. The lowest BCUT2D eigenvalue weighted by Gasteiger charge is -2.22. The molecule has 3 unspecified atom stereocenters. The average molecular weight is 261 g/mol. The smallest absolute Gasteiger partial charge is 0.251 e. The minimum absolute atomic E-state index is 0.104. The van der Waals surface area contributed by atoms with Gasteiger partial charge in [-0.05, 0) is 37.5 Å². The Kier molecular flexibility index (Phi) is 3.06. The first-order valence-electron chi connectivity index (χ1n) is 6.71. The number of nitrogen functional groups attached to an aromatic ring is 1. The van der Waals surface area contributed by atoms with Crippen LogP contribution in [0.15, 0.2) is 18.2 Å². The van der Waals surface area contributed by atoms with Crippen LogP contribution in [0.3, 0.4) is 0 Å². The van der Waals surface area contributed by atoms with Crippen molar-refractivity contribution in [2.75, 3.05) is 18.1 Å². The van der Waals surface area contributed by atoms with Gasteiger partial charge in [-0.2, -0.15) is 0 Å². The second kappa shape index (κ2) is 4.74. The van der Waals surface area contributed by atoms with E-state index in [1.165, 1.54) is 0 Å². The lowest BCUT2D eigenvalue weighted by molar-refractivity contribution is 0.0963. The van der Waals surface area contributed by atoms with Crippen LogP contribution >= 0.6 is 0 Å². The maximum atomic E-state index is 11.6. The fourth-order valence-corrected chi connectivity index (χ4v) is 2.96. The van der Waals surface area contributed by atoms with Crippen LogP contribution in [0.1, 0.15) is 29.6 Å². The van der Waals surface area contributed by atoms with Gasteiger partial charge in [0.25, 0.3) is 5.91 Å². The summed E-state index contributed by atoms with van der Waals surface area (Å²) < 4.78 is 5.81. The van der Waals surface area contributed by atoms with Crippen molar-refractivity contribution >= 4 is 17.3 Å². The highest BCUT2D eigenvalue weighted by atomic mass is 16.5. The summed E-state index contributed by atoms with van der Waals surface area (Å²) in [7, 11) is 1.62. The van der Waals surface area contributed by atoms with Crippen LogP contribution in [0.4, 0.5) is 11.4 Å². The third-order valence-corrected chi connectivity index (χ3v) is 3.99. The van der Waals surface area contributed by atoms with Crippen molar-refractivity contribution in [3.8, 4) is 0 Å². The maximum Gasteiger partial charge on any atom is 0.251 e. The molecule has 1 aromatic rings. The zero-order chi connectivity index (χ0) is 13.4. The number of fused-ring (bicyclic) bond motifs is 2. The Hall–Kier alpha value is -1.75. The number of ether oxygens (including phenoxy) is 1. The molecule has 5 heteroatoms. The highest BCUT2D eigenvalue weighted by Crippen LogP contribution is 2.36. The van der Waals surface area contributed by atoms with Crippen molar-refractivity contribution in [1.82, 2.24) is 5.32 Å². The van der Waals surface area contributed by atoms with Crippen LogP contribution < -0.4 is 16.4 Å². The number of benzene rings is 1. The van der Waals surface area contributed by atoms with Gasteiger partial charge < -0.3 is 21.1 Å². The minimum Gasteiger partial charge on any atom is -0.397 e. The standard InChI is InChI=1S/C14H19N3O2/c1-16-14(18)8-2-4-10(15)11(6-8)17-12-7-9-3-5-13(12)19-9/h2,4,6,9,12-13,17H,3,5,7,15H2,1H3,(H,16,18). The summed E-state index contributed by atoms with van der Waals surface area (Å²) in [6.45, 7) is 0. The van der Waals surface area contributed by atoms with E-state index in [1.807, 2.05) is 0 Å². The third kappa shape index (κ3) is 2.26. The Morgan fingerprint density at radius 3 is 2.89 bits per heavy atom. The lowest BCUT2D eigenvalue weighted by Crippen LogP contribution is -2.31. The lowest BCUT2D eigenvalue weighted by atomic mass is 9.95. The molecule has 2 saturated heterocycles. The summed E-state index contributed by atoms with van der Waals surface area (Å²) >= 11 is 0. The zero-order valence-electron chi connectivity index (χ0n) is 11.0. The Balaban J connectivity index is 1.78. The SMILES string of the molecule is CNC(=O)c1ccc(N)c(NC2CC3CCC2O3)c1. The molecule has 2 bridgehead atoms. The van der Waals surface area contributed by atoms with Crippen LogP contribution in [0.5, 0.6) is 0 Å². The molecule has 1 aromatic carbocycles. The van der Waals surface area contributed by atoms with E-state index in [1.54, 1.807) is 25.2 Å². The van der Waals surface area contributed by atoms with Crippen LogP contribution in [0, 0.1) is 0 Å². The van der Waals surface area contributed by atoms with Gasteiger partial charge >= 0.3 is 0 Å². The molecule has 19 heavy (non-hydrogen) atoms. The van der Waals surface area contributed by atoms with E-state index in [0.29, 0.717) is 23.4 Å². The van der Waals surface area contributed by atoms with E-state index in [0.717, 1.165) is 24.9 Å². The second-order valence-corrected chi connectivity index (χ2v) is 5.24. The maximum absolute atomic E-state index is 11.6. The number of amides is 1. The molecule has 0 spiro atoms. The van der Waals surface area contributed by atoms with Gasteiger partial charge in [-0.15, -0.1) is 0 Å². The number of carbonyl (C=O) groups is 1. The van der Waals surface area contributed by atoms with Crippen LogP contribution in [0.25, 0.3) is 0 Å². The molecule has 0 radical (unpaired) electrons. The van der Waals surface area contributed by atoms with Crippen LogP contribution in [0.2, 0.25) is 0 Å². The third-order valence-electron chi connectivity index (χ3n) is 3.99. The first-order chi connectivity index (χ1) is 9.17. The number of rotatable bonds is 3. The predicted molar refractivity (Wildman–Crippen MR) is 74.2 cm³/mol. The summed E-state index contributed by atoms with van der Waals surface area (Å²) in [5.74, 6) is -0.104. The monoisotopic (exact) mass is 261 g/mol. The van der Waals surface area contributed by atoms with Gasteiger partial charge in [-0.25, -0.2) is 0 Å². The van der Waals surface area contributed by atoms with Crippen molar-refractivity contribution < 1.29 is 9.53 Å². The fraction of sp³-hybridized carbons (Fsp3) is 0.500. The van der Waals surface area contributed by atoms with Crippen molar-refractivity contribution in [3.05, 3.63) is 23.8 Å². The Morgan fingerprint density at radius 1 is 1.42 bits per heavy atom. The number of nitrogens with two attached hydrogens (primary N) is 1. The number of hydrogen-bond acceptors (Lipinski definition) is 4. The largest absolute Gasteiger partial charge is 0.397 e. The predicted octanol–water partition coefficient (Wildman–Crippen LogP) is 1.36. The average Bonchev–Trinajstić information content (AvgIpc) is 3.02. The number of carbonyl (C=O) groups excluding carboxylic acids is 1. The van der Waals surface area contributed by atoms with Crippen LogP contribution in [-0.4, -0.2) is 31.2 Å². The number of anilines is 2. The molecule has 0 aliphatic carbocycles. The minimum atomic E-state index is -0.104. The molecule has 0 saturated carbocycles.